The minimum atomic E-state index is 0.0618. The lowest BCUT2D eigenvalue weighted by molar-refractivity contribution is -0.119. The molecule has 0 unspecified atom stereocenters. The number of amides is 1. The first-order chi connectivity index (χ1) is 5.22. The molecule has 0 radical (unpaired) electrons. The van der Waals surface area contributed by atoms with E-state index in [0.717, 1.165) is 19.3 Å². The molecule has 11 heavy (non-hydrogen) atoms. The average Bonchev–Trinajstić information content (AvgIpc) is 2.34. The Bertz CT molecular complexity index is 147. The van der Waals surface area contributed by atoms with Crippen LogP contribution in [0.25, 0.3) is 0 Å². The van der Waals surface area contributed by atoms with Gasteiger partial charge in [-0.2, -0.15) is 0 Å². The van der Waals surface area contributed by atoms with Gasteiger partial charge >= 0.3 is 0 Å². The first kappa shape index (κ1) is 8.53. The van der Waals surface area contributed by atoms with Gasteiger partial charge in [0.15, 0.2) is 0 Å². The number of ether oxygens (including phenoxy) is 1. The summed E-state index contributed by atoms with van der Waals surface area (Å²) in [6.45, 7) is 1.56. The lowest BCUT2D eigenvalue weighted by Crippen LogP contribution is -2.31. The van der Waals surface area contributed by atoms with Gasteiger partial charge in [0.2, 0.25) is 5.91 Å². The summed E-state index contributed by atoms with van der Waals surface area (Å²) in [6, 6.07) is 0.345. The predicted molar refractivity (Wildman–Crippen MR) is 42.3 cm³/mol. The van der Waals surface area contributed by atoms with Crippen LogP contribution < -0.4 is 5.32 Å². The van der Waals surface area contributed by atoms with E-state index in [1.165, 1.54) is 0 Å². The van der Waals surface area contributed by atoms with Gasteiger partial charge in [0, 0.05) is 20.1 Å². The number of rotatable bonds is 2. The summed E-state index contributed by atoms with van der Waals surface area (Å²) < 4.78 is 5.17. The smallest absolute Gasteiger partial charge is 0.217 e. The highest BCUT2D eigenvalue weighted by molar-refractivity contribution is 5.73. The van der Waals surface area contributed by atoms with Gasteiger partial charge in [0.05, 0.1) is 6.10 Å². The molecule has 0 aromatic rings. The van der Waals surface area contributed by atoms with Gasteiger partial charge in [-0.05, 0) is 19.3 Å². The second kappa shape index (κ2) is 3.72. The van der Waals surface area contributed by atoms with Crippen LogP contribution in [0.2, 0.25) is 0 Å². The molecule has 0 aliphatic heterocycles. The van der Waals surface area contributed by atoms with E-state index in [-0.39, 0.29) is 5.91 Å². The van der Waals surface area contributed by atoms with E-state index in [1.54, 1.807) is 14.0 Å². The van der Waals surface area contributed by atoms with Crippen molar-refractivity contribution in [2.45, 2.75) is 38.3 Å². The summed E-state index contributed by atoms with van der Waals surface area (Å²) in [6.07, 6.45) is 3.45. The van der Waals surface area contributed by atoms with E-state index in [2.05, 4.69) is 5.32 Å². The van der Waals surface area contributed by atoms with Crippen molar-refractivity contribution in [3.8, 4) is 0 Å². The number of methoxy groups -OCH3 is 1. The van der Waals surface area contributed by atoms with Crippen LogP contribution in [-0.2, 0) is 9.53 Å². The van der Waals surface area contributed by atoms with Gasteiger partial charge in [-0.15, -0.1) is 0 Å². The minimum Gasteiger partial charge on any atom is -0.381 e. The van der Waals surface area contributed by atoms with Crippen LogP contribution in [0.5, 0.6) is 0 Å². The van der Waals surface area contributed by atoms with Gasteiger partial charge in [-0.1, -0.05) is 0 Å². The number of hydrogen-bond acceptors (Lipinski definition) is 2. The summed E-state index contributed by atoms with van der Waals surface area (Å²) >= 11 is 0. The van der Waals surface area contributed by atoms with Crippen LogP contribution in [0.4, 0.5) is 0 Å². The van der Waals surface area contributed by atoms with Gasteiger partial charge in [0.1, 0.15) is 0 Å². The SMILES string of the molecule is CO[C@H]1CC[C@H](NC(C)=O)C1. The Morgan fingerprint density at radius 2 is 2.27 bits per heavy atom. The summed E-state index contributed by atoms with van der Waals surface area (Å²) in [4.78, 5) is 10.6. The number of nitrogens with one attached hydrogen (secondary N) is 1. The van der Waals surface area contributed by atoms with Crippen molar-refractivity contribution >= 4 is 5.91 Å². The standard InChI is InChI=1S/C8H15NO2/c1-6(10)9-7-3-4-8(5-7)11-2/h7-8H,3-5H2,1-2H3,(H,9,10)/t7-,8-/m0/s1. The van der Waals surface area contributed by atoms with E-state index in [9.17, 15) is 4.79 Å². The Balaban J connectivity index is 2.24. The third-order valence-corrected chi connectivity index (χ3v) is 2.13. The molecule has 0 aromatic carbocycles. The van der Waals surface area contributed by atoms with Crippen molar-refractivity contribution in [2.75, 3.05) is 7.11 Å². The number of hydrogen-bond donors (Lipinski definition) is 1. The maximum absolute atomic E-state index is 10.6. The Morgan fingerprint density at radius 3 is 2.73 bits per heavy atom. The normalized spacial score (nSPS) is 30.4. The van der Waals surface area contributed by atoms with Crippen LogP contribution in [0, 0.1) is 0 Å². The first-order valence-corrected chi connectivity index (χ1v) is 4.02. The first-order valence-electron chi connectivity index (χ1n) is 4.02. The molecule has 1 amide bonds. The molecule has 3 heteroatoms. The highest BCUT2D eigenvalue weighted by atomic mass is 16.5. The Hall–Kier alpha value is -0.570. The monoisotopic (exact) mass is 157 g/mol. The highest BCUT2D eigenvalue weighted by Gasteiger charge is 2.24. The Morgan fingerprint density at radius 1 is 1.55 bits per heavy atom. The lowest BCUT2D eigenvalue weighted by Gasteiger charge is -2.10. The number of carbonyl (C=O) groups is 1. The Kier molecular flexibility index (Phi) is 2.88. The third kappa shape index (κ3) is 2.50. The molecule has 0 saturated heterocycles. The van der Waals surface area contributed by atoms with Crippen molar-refractivity contribution in [2.24, 2.45) is 0 Å². The molecule has 0 heterocycles. The molecule has 1 aliphatic carbocycles. The van der Waals surface area contributed by atoms with Gasteiger partial charge < -0.3 is 10.1 Å². The minimum absolute atomic E-state index is 0.0618. The Labute approximate surface area is 67.1 Å². The quantitative estimate of drug-likeness (QED) is 0.640. The van der Waals surface area contributed by atoms with Crippen LogP contribution in [0.15, 0.2) is 0 Å². The topological polar surface area (TPSA) is 38.3 Å². The molecule has 64 valence electrons. The molecule has 1 rings (SSSR count). The summed E-state index contributed by atoms with van der Waals surface area (Å²) in [5.74, 6) is 0.0618. The largest absolute Gasteiger partial charge is 0.381 e. The maximum atomic E-state index is 10.6. The summed E-state index contributed by atoms with van der Waals surface area (Å²) in [5.41, 5.74) is 0. The van der Waals surface area contributed by atoms with Gasteiger partial charge in [0.25, 0.3) is 0 Å². The van der Waals surface area contributed by atoms with Gasteiger partial charge in [-0.25, -0.2) is 0 Å². The van der Waals surface area contributed by atoms with Crippen molar-refractivity contribution in [3.05, 3.63) is 0 Å². The van der Waals surface area contributed by atoms with E-state index in [4.69, 9.17) is 4.74 Å². The summed E-state index contributed by atoms with van der Waals surface area (Å²) in [5, 5.41) is 2.89. The molecule has 2 atom stereocenters. The molecule has 0 spiro atoms. The van der Waals surface area contributed by atoms with Gasteiger partial charge in [-0.3, -0.25) is 4.79 Å². The maximum Gasteiger partial charge on any atom is 0.217 e. The van der Waals surface area contributed by atoms with Crippen LogP contribution in [0.1, 0.15) is 26.2 Å². The lowest BCUT2D eigenvalue weighted by atomic mass is 10.2. The van der Waals surface area contributed by atoms with Crippen LogP contribution in [-0.4, -0.2) is 25.2 Å². The van der Waals surface area contributed by atoms with E-state index >= 15 is 0 Å². The molecular weight excluding hydrogens is 142 g/mol. The second-order valence-corrected chi connectivity index (χ2v) is 3.07. The molecule has 3 nitrogen and oxygen atoms in total. The van der Waals surface area contributed by atoms with E-state index < -0.39 is 0 Å². The van der Waals surface area contributed by atoms with Crippen LogP contribution in [0.3, 0.4) is 0 Å². The molecule has 0 bridgehead atoms. The summed E-state index contributed by atoms with van der Waals surface area (Å²) in [7, 11) is 1.72. The second-order valence-electron chi connectivity index (χ2n) is 3.07. The molecule has 1 aliphatic rings. The fourth-order valence-corrected chi connectivity index (χ4v) is 1.57. The fraction of sp³-hybridized carbons (Fsp3) is 0.875. The molecule has 1 fully saturated rings. The average molecular weight is 157 g/mol. The third-order valence-electron chi connectivity index (χ3n) is 2.13. The fourth-order valence-electron chi connectivity index (χ4n) is 1.57. The van der Waals surface area contributed by atoms with E-state index in [0.29, 0.717) is 12.1 Å². The van der Waals surface area contributed by atoms with Crippen LogP contribution >= 0.6 is 0 Å². The highest BCUT2D eigenvalue weighted by Crippen LogP contribution is 2.20. The zero-order valence-corrected chi connectivity index (χ0v) is 7.09. The molecule has 1 N–H and O–H groups in total. The molecule has 0 aromatic heterocycles. The number of carbonyl (C=O) groups excluding carboxylic acids is 1. The predicted octanol–water partition coefficient (Wildman–Crippen LogP) is 0.690. The zero-order chi connectivity index (χ0) is 8.27. The van der Waals surface area contributed by atoms with E-state index in [1.807, 2.05) is 0 Å². The van der Waals surface area contributed by atoms with Crippen molar-refractivity contribution in [1.82, 2.24) is 5.32 Å². The van der Waals surface area contributed by atoms with Crippen molar-refractivity contribution in [3.63, 3.8) is 0 Å². The molecule has 1 saturated carbocycles. The zero-order valence-electron chi connectivity index (χ0n) is 7.09. The molecular formula is C8H15NO2. The van der Waals surface area contributed by atoms with Crippen molar-refractivity contribution < 1.29 is 9.53 Å². The van der Waals surface area contributed by atoms with Crippen molar-refractivity contribution in [1.29, 1.82) is 0 Å².